The molecule has 1 aromatic heterocycles. The molecular weight excluding hydrogens is 225 g/mol. The van der Waals surface area contributed by atoms with Gasteiger partial charge in [-0.05, 0) is 18.2 Å². The number of nitrogens with zero attached hydrogens (tertiary/aromatic N) is 4. The molecule has 0 radical (unpaired) electrons. The van der Waals surface area contributed by atoms with Crippen LogP contribution in [0.4, 0.5) is 4.39 Å². The standard InChI is InChI=1S/C10H8FN5O/c1-12-10(17)7-3-2-6(11)4-8(7)9-15-13-5-14-16-9/h2-5H,1H3,(H,12,17). The molecule has 17 heavy (non-hydrogen) atoms. The molecule has 1 heterocycles. The van der Waals surface area contributed by atoms with E-state index in [1.165, 1.54) is 25.2 Å². The molecule has 0 bridgehead atoms. The summed E-state index contributed by atoms with van der Waals surface area (Å²) in [7, 11) is 1.48. The number of carbonyl (C=O) groups excluding carboxylic acids is 1. The molecule has 2 rings (SSSR count). The number of benzene rings is 1. The molecule has 0 saturated carbocycles. The van der Waals surface area contributed by atoms with Gasteiger partial charge in [-0.1, -0.05) is 0 Å². The summed E-state index contributed by atoms with van der Waals surface area (Å²) < 4.78 is 13.2. The summed E-state index contributed by atoms with van der Waals surface area (Å²) in [5.74, 6) is -0.738. The zero-order valence-corrected chi connectivity index (χ0v) is 8.88. The Morgan fingerprint density at radius 1 is 1.29 bits per heavy atom. The van der Waals surface area contributed by atoms with E-state index in [1.54, 1.807) is 0 Å². The summed E-state index contributed by atoms with van der Waals surface area (Å²) in [6.07, 6.45) is 1.16. The van der Waals surface area contributed by atoms with E-state index >= 15 is 0 Å². The molecule has 0 aliphatic carbocycles. The largest absolute Gasteiger partial charge is 0.355 e. The summed E-state index contributed by atoms with van der Waals surface area (Å²) in [5, 5.41) is 16.9. The van der Waals surface area contributed by atoms with Crippen LogP contribution >= 0.6 is 0 Å². The van der Waals surface area contributed by atoms with Crippen LogP contribution in [0.3, 0.4) is 0 Å². The van der Waals surface area contributed by atoms with Crippen LogP contribution < -0.4 is 5.32 Å². The van der Waals surface area contributed by atoms with Crippen LogP contribution in [0.2, 0.25) is 0 Å². The highest BCUT2D eigenvalue weighted by Gasteiger charge is 2.15. The monoisotopic (exact) mass is 233 g/mol. The van der Waals surface area contributed by atoms with Crippen LogP contribution in [0.15, 0.2) is 24.5 Å². The van der Waals surface area contributed by atoms with Crippen molar-refractivity contribution in [3.63, 3.8) is 0 Å². The van der Waals surface area contributed by atoms with Crippen LogP contribution in [-0.4, -0.2) is 33.3 Å². The van der Waals surface area contributed by atoms with Crippen LogP contribution in [0, 0.1) is 5.82 Å². The smallest absolute Gasteiger partial charge is 0.251 e. The topological polar surface area (TPSA) is 80.7 Å². The Morgan fingerprint density at radius 3 is 2.65 bits per heavy atom. The molecule has 1 aromatic carbocycles. The molecule has 0 aliphatic rings. The lowest BCUT2D eigenvalue weighted by Crippen LogP contribution is -2.19. The Balaban J connectivity index is 2.59. The second kappa shape index (κ2) is 4.60. The van der Waals surface area contributed by atoms with Gasteiger partial charge in [0.05, 0.1) is 5.56 Å². The summed E-state index contributed by atoms with van der Waals surface area (Å²) in [6.45, 7) is 0. The van der Waals surface area contributed by atoms with Crippen LogP contribution in [0.5, 0.6) is 0 Å². The second-order valence-electron chi connectivity index (χ2n) is 3.14. The quantitative estimate of drug-likeness (QED) is 0.813. The highest BCUT2D eigenvalue weighted by atomic mass is 19.1. The molecule has 0 saturated heterocycles. The number of rotatable bonds is 2. The van der Waals surface area contributed by atoms with Crippen molar-refractivity contribution < 1.29 is 9.18 Å². The number of halogens is 1. The molecule has 0 fully saturated rings. The second-order valence-corrected chi connectivity index (χ2v) is 3.14. The van der Waals surface area contributed by atoms with Crippen molar-refractivity contribution in [1.82, 2.24) is 25.7 Å². The first kappa shape index (κ1) is 11.1. The average molecular weight is 233 g/mol. The highest BCUT2D eigenvalue weighted by Crippen LogP contribution is 2.20. The molecule has 0 unspecified atom stereocenters. The van der Waals surface area contributed by atoms with Gasteiger partial charge in [0.25, 0.3) is 5.91 Å². The van der Waals surface area contributed by atoms with Gasteiger partial charge in [0, 0.05) is 12.6 Å². The van der Waals surface area contributed by atoms with Gasteiger partial charge in [-0.25, -0.2) is 4.39 Å². The minimum atomic E-state index is -0.486. The zero-order valence-electron chi connectivity index (χ0n) is 8.88. The highest BCUT2D eigenvalue weighted by molar-refractivity contribution is 5.99. The lowest BCUT2D eigenvalue weighted by molar-refractivity contribution is 0.0963. The van der Waals surface area contributed by atoms with Gasteiger partial charge in [0.2, 0.25) is 5.82 Å². The number of aromatic nitrogens is 4. The van der Waals surface area contributed by atoms with Crippen molar-refractivity contribution in [3.05, 3.63) is 35.9 Å². The van der Waals surface area contributed by atoms with Crippen molar-refractivity contribution >= 4 is 5.91 Å². The van der Waals surface area contributed by atoms with Crippen LogP contribution in [0.1, 0.15) is 10.4 Å². The van der Waals surface area contributed by atoms with Crippen molar-refractivity contribution in [1.29, 1.82) is 0 Å². The third-order valence-corrected chi connectivity index (χ3v) is 2.10. The van der Waals surface area contributed by atoms with Crippen molar-refractivity contribution in [3.8, 4) is 11.4 Å². The fraction of sp³-hybridized carbons (Fsp3) is 0.100. The maximum atomic E-state index is 13.2. The lowest BCUT2D eigenvalue weighted by Gasteiger charge is -2.05. The van der Waals surface area contributed by atoms with Gasteiger partial charge < -0.3 is 5.32 Å². The van der Waals surface area contributed by atoms with Gasteiger partial charge in [0.1, 0.15) is 5.82 Å². The Bertz CT molecular complexity index is 546. The van der Waals surface area contributed by atoms with Gasteiger partial charge >= 0.3 is 0 Å². The van der Waals surface area contributed by atoms with E-state index in [1.807, 2.05) is 0 Å². The molecule has 6 nitrogen and oxygen atoms in total. The first-order valence-electron chi connectivity index (χ1n) is 4.74. The van der Waals surface area contributed by atoms with E-state index in [4.69, 9.17) is 0 Å². The molecule has 7 heteroatoms. The van der Waals surface area contributed by atoms with Crippen LogP contribution in [0.25, 0.3) is 11.4 Å². The third-order valence-electron chi connectivity index (χ3n) is 2.10. The zero-order chi connectivity index (χ0) is 12.3. The minimum Gasteiger partial charge on any atom is -0.355 e. The third kappa shape index (κ3) is 2.22. The van der Waals surface area contributed by atoms with E-state index in [0.717, 1.165) is 6.33 Å². The summed E-state index contributed by atoms with van der Waals surface area (Å²) in [6, 6.07) is 3.72. The molecule has 86 valence electrons. The van der Waals surface area contributed by atoms with E-state index in [2.05, 4.69) is 25.7 Å². The Morgan fingerprint density at radius 2 is 2.00 bits per heavy atom. The maximum Gasteiger partial charge on any atom is 0.251 e. The molecule has 1 N–H and O–H groups in total. The summed E-state index contributed by atoms with van der Waals surface area (Å²) in [5.41, 5.74) is 0.522. The maximum absolute atomic E-state index is 13.2. The predicted octanol–water partition coefficient (Wildman–Crippen LogP) is 0.432. The minimum absolute atomic E-state index is 0.102. The van der Waals surface area contributed by atoms with Crippen molar-refractivity contribution in [2.45, 2.75) is 0 Å². The van der Waals surface area contributed by atoms with Gasteiger partial charge in [-0.3, -0.25) is 4.79 Å². The predicted molar refractivity (Wildman–Crippen MR) is 56.4 cm³/mol. The Labute approximate surface area is 95.9 Å². The molecule has 2 aromatic rings. The molecular formula is C10H8FN5O. The molecule has 0 atom stereocenters. The fourth-order valence-electron chi connectivity index (χ4n) is 1.35. The van der Waals surface area contributed by atoms with E-state index < -0.39 is 5.82 Å². The lowest BCUT2D eigenvalue weighted by atomic mass is 10.1. The normalized spacial score (nSPS) is 10.0. The summed E-state index contributed by atoms with van der Waals surface area (Å²) >= 11 is 0. The Hall–Kier alpha value is -2.44. The Kier molecular flexibility index (Phi) is 2.99. The number of nitrogens with one attached hydrogen (secondary N) is 1. The fourth-order valence-corrected chi connectivity index (χ4v) is 1.35. The van der Waals surface area contributed by atoms with E-state index in [9.17, 15) is 9.18 Å². The first-order chi connectivity index (χ1) is 8.22. The first-order valence-corrected chi connectivity index (χ1v) is 4.74. The van der Waals surface area contributed by atoms with Crippen molar-refractivity contribution in [2.75, 3.05) is 7.05 Å². The molecule has 1 amide bonds. The van der Waals surface area contributed by atoms with Gasteiger partial charge in [-0.2, -0.15) is 0 Å². The number of carbonyl (C=O) groups is 1. The number of hydrogen-bond donors (Lipinski definition) is 1. The van der Waals surface area contributed by atoms with Gasteiger partial charge in [0.15, 0.2) is 6.33 Å². The van der Waals surface area contributed by atoms with E-state index in [0.29, 0.717) is 0 Å². The van der Waals surface area contributed by atoms with Gasteiger partial charge in [-0.15, -0.1) is 20.4 Å². The summed E-state index contributed by atoms with van der Waals surface area (Å²) in [4.78, 5) is 11.6. The number of hydrogen-bond acceptors (Lipinski definition) is 5. The van der Waals surface area contributed by atoms with Crippen molar-refractivity contribution in [2.24, 2.45) is 0 Å². The average Bonchev–Trinajstić information content (AvgIpc) is 2.39. The van der Waals surface area contributed by atoms with E-state index in [-0.39, 0.29) is 22.9 Å². The SMILES string of the molecule is CNC(=O)c1ccc(F)cc1-c1nncnn1. The molecule has 0 spiro atoms. The number of amides is 1. The molecule has 0 aliphatic heterocycles. The van der Waals surface area contributed by atoms with Crippen LogP contribution in [-0.2, 0) is 0 Å².